The molecule has 2 aliphatic rings. The summed E-state index contributed by atoms with van der Waals surface area (Å²) in [5, 5.41) is 0. The minimum atomic E-state index is -0.0820. The van der Waals surface area contributed by atoms with E-state index in [1.807, 2.05) is 6.92 Å². The molecule has 0 saturated carbocycles. The topological polar surface area (TPSA) is 72.9 Å². The molecule has 0 spiro atoms. The molecule has 0 bridgehead atoms. The smallest absolute Gasteiger partial charge is 0.272 e. The lowest BCUT2D eigenvalue weighted by Gasteiger charge is -2.33. The lowest BCUT2D eigenvalue weighted by atomic mass is 10.2. The summed E-state index contributed by atoms with van der Waals surface area (Å²) in [6.07, 6.45) is 0.835. The molecule has 3 rings (SSSR count). The van der Waals surface area contributed by atoms with Crippen molar-refractivity contribution in [2.75, 3.05) is 64.3 Å². The second kappa shape index (κ2) is 7.12. The van der Waals surface area contributed by atoms with Gasteiger partial charge in [-0.1, -0.05) is 0 Å². The summed E-state index contributed by atoms with van der Waals surface area (Å²) in [7, 11) is 2.10. The lowest BCUT2D eigenvalue weighted by Crippen LogP contribution is -2.48. The first-order valence-electron chi connectivity index (χ1n) is 8.34. The van der Waals surface area contributed by atoms with Crippen LogP contribution in [0.15, 0.2) is 6.07 Å². The number of hydrogen-bond acceptors (Lipinski definition) is 6. The van der Waals surface area contributed by atoms with Crippen LogP contribution in [0.3, 0.4) is 0 Å². The number of amides is 2. The van der Waals surface area contributed by atoms with Crippen LogP contribution in [0.5, 0.6) is 0 Å². The van der Waals surface area contributed by atoms with Crippen LogP contribution in [0.25, 0.3) is 0 Å². The highest BCUT2D eigenvalue weighted by molar-refractivity contribution is 5.92. The molecule has 0 aliphatic carbocycles. The van der Waals surface area contributed by atoms with Gasteiger partial charge in [-0.05, 0) is 20.0 Å². The van der Waals surface area contributed by atoms with Crippen LogP contribution in [0.4, 0.5) is 5.95 Å². The fourth-order valence-corrected chi connectivity index (χ4v) is 3.00. The van der Waals surface area contributed by atoms with E-state index in [-0.39, 0.29) is 5.91 Å². The fourth-order valence-electron chi connectivity index (χ4n) is 3.00. The van der Waals surface area contributed by atoms with Crippen LogP contribution in [0.1, 0.15) is 16.2 Å². The third-order valence-electron chi connectivity index (χ3n) is 4.60. The van der Waals surface area contributed by atoms with Crippen molar-refractivity contribution in [3.63, 3.8) is 0 Å². The number of hydrogen-bond donors (Lipinski definition) is 0. The van der Waals surface area contributed by atoms with Gasteiger partial charge in [0.1, 0.15) is 5.69 Å². The molecule has 0 radical (unpaired) electrons. The average Bonchev–Trinajstić information content (AvgIpc) is 2.61. The molecule has 130 valence electrons. The highest BCUT2D eigenvalue weighted by Crippen LogP contribution is 2.15. The molecular formula is C16H24N6O2. The van der Waals surface area contributed by atoms with Crippen molar-refractivity contribution in [3.8, 4) is 0 Å². The van der Waals surface area contributed by atoms with Crippen LogP contribution in [0.2, 0.25) is 0 Å². The molecule has 24 heavy (non-hydrogen) atoms. The van der Waals surface area contributed by atoms with E-state index < -0.39 is 0 Å². The Morgan fingerprint density at radius 1 is 1.04 bits per heavy atom. The van der Waals surface area contributed by atoms with E-state index in [1.165, 1.54) is 0 Å². The highest BCUT2D eigenvalue weighted by Gasteiger charge is 2.24. The van der Waals surface area contributed by atoms with E-state index >= 15 is 0 Å². The minimum Gasteiger partial charge on any atom is -0.342 e. The molecule has 0 aromatic carbocycles. The zero-order valence-corrected chi connectivity index (χ0v) is 14.3. The van der Waals surface area contributed by atoms with Gasteiger partial charge in [0, 0.05) is 58.1 Å². The second-order valence-electron chi connectivity index (χ2n) is 6.42. The Morgan fingerprint density at radius 2 is 1.71 bits per heavy atom. The summed E-state index contributed by atoms with van der Waals surface area (Å²) in [6, 6.07) is 1.74. The minimum absolute atomic E-state index is 0.0820. The highest BCUT2D eigenvalue weighted by atomic mass is 16.2. The van der Waals surface area contributed by atoms with Crippen molar-refractivity contribution in [2.24, 2.45) is 0 Å². The van der Waals surface area contributed by atoms with Crippen LogP contribution >= 0.6 is 0 Å². The van der Waals surface area contributed by atoms with Crippen molar-refractivity contribution >= 4 is 18.3 Å². The number of carbonyl (C=O) groups excluding carboxylic acids is 2. The lowest BCUT2D eigenvalue weighted by molar-refractivity contribution is -0.119. The van der Waals surface area contributed by atoms with Crippen molar-refractivity contribution in [3.05, 3.63) is 17.5 Å². The largest absolute Gasteiger partial charge is 0.342 e. The third-order valence-corrected chi connectivity index (χ3v) is 4.60. The van der Waals surface area contributed by atoms with Crippen LogP contribution in [-0.4, -0.2) is 96.4 Å². The Labute approximate surface area is 142 Å². The van der Waals surface area contributed by atoms with Crippen molar-refractivity contribution in [1.29, 1.82) is 0 Å². The van der Waals surface area contributed by atoms with E-state index in [9.17, 15) is 9.59 Å². The van der Waals surface area contributed by atoms with Gasteiger partial charge in [-0.3, -0.25) is 9.59 Å². The number of rotatable bonds is 3. The molecule has 0 N–H and O–H groups in total. The standard InChI is InChI=1S/C16H24N6O2/c1-13-11-14(15(24)21-9-5-20(12-23)6-10-21)18-16(17-13)22-7-3-19(2)4-8-22/h11-12H,3-10H2,1-2H3. The zero-order chi connectivity index (χ0) is 17.1. The van der Waals surface area contributed by atoms with E-state index in [1.54, 1.807) is 15.9 Å². The molecular weight excluding hydrogens is 308 g/mol. The van der Waals surface area contributed by atoms with E-state index in [0.717, 1.165) is 38.3 Å². The number of aromatic nitrogens is 2. The van der Waals surface area contributed by atoms with Crippen molar-refractivity contribution < 1.29 is 9.59 Å². The number of piperazine rings is 2. The van der Waals surface area contributed by atoms with Crippen molar-refractivity contribution in [1.82, 2.24) is 24.7 Å². The quantitative estimate of drug-likeness (QED) is 0.692. The van der Waals surface area contributed by atoms with E-state index in [4.69, 9.17) is 0 Å². The number of nitrogens with zero attached hydrogens (tertiary/aromatic N) is 6. The van der Waals surface area contributed by atoms with E-state index in [2.05, 4.69) is 26.8 Å². The molecule has 2 aliphatic heterocycles. The first-order chi connectivity index (χ1) is 11.6. The van der Waals surface area contributed by atoms with Gasteiger partial charge in [-0.25, -0.2) is 9.97 Å². The van der Waals surface area contributed by atoms with Gasteiger partial charge in [0.15, 0.2) is 0 Å². The molecule has 0 unspecified atom stereocenters. The van der Waals surface area contributed by atoms with Crippen molar-refractivity contribution in [2.45, 2.75) is 6.92 Å². The summed E-state index contributed by atoms with van der Waals surface area (Å²) < 4.78 is 0. The molecule has 8 nitrogen and oxygen atoms in total. The first kappa shape index (κ1) is 16.6. The van der Waals surface area contributed by atoms with Crippen LogP contribution in [0, 0.1) is 6.92 Å². The number of anilines is 1. The predicted octanol–water partition coefficient (Wildman–Crippen LogP) is -0.549. The van der Waals surface area contributed by atoms with Gasteiger partial charge < -0.3 is 19.6 Å². The Bertz CT molecular complexity index is 607. The average molecular weight is 332 g/mol. The monoisotopic (exact) mass is 332 g/mol. The summed E-state index contributed by atoms with van der Waals surface area (Å²) in [5.74, 6) is 0.555. The fraction of sp³-hybridized carbons (Fsp3) is 0.625. The molecule has 2 fully saturated rings. The Morgan fingerprint density at radius 3 is 2.33 bits per heavy atom. The molecule has 8 heteroatoms. The molecule has 1 aromatic rings. The number of aryl methyl sites for hydroxylation is 1. The van der Waals surface area contributed by atoms with Gasteiger partial charge in [0.2, 0.25) is 12.4 Å². The third kappa shape index (κ3) is 3.64. The molecule has 0 atom stereocenters. The van der Waals surface area contributed by atoms with Crippen LogP contribution < -0.4 is 4.90 Å². The molecule has 3 heterocycles. The van der Waals surface area contributed by atoms with Gasteiger partial charge in [-0.15, -0.1) is 0 Å². The Hall–Kier alpha value is -2.22. The molecule has 1 aromatic heterocycles. The predicted molar refractivity (Wildman–Crippen MR) is 90.0 cm³/mol. The Kier molecular flexibility index (Phi) is 4.94. The van der Waals surface area contributed by atoms with Crippen LogP contribution in [-0.2, 0) is 4.79 Å². The SMILES string of the molecule is Cc1cc(C(=O)N2CCN(C=O)CC2)nc(N2CCN(C)CC2)n1. The molecule has 2 amide bonds. The second-order valence-corrected chi connectivity index (χ2v) is 6.42. The van der Waals surface area contributed by atoms with Gasteiger partial charge in [-0.2, -0.15) is 0 Å². The molecule has 2 saturated heterocycles. The zero-order valence-electron chi connectivity index (χ0n) is 14.3. The number of likely N-dealkylation sites (N-methyl/N-ethyl adjacent to an activating group) is 1. The summed E-state index contributed by atoms with van der Waals surface area (Å²) >= 11 is 0. The maximum absolute atomic E-state index is 12.7. The van der Waals surface area contributed by atoms with Gasteiger partial charge >= 0.3 is 0 Å². The van der Waals surface area contributed by atoms with Gasteiger partial charge in [0.25, 0.3) is 5.91 Å². The summed E-state index contributed by atoms with van der Waals surface area (Å²) in [5.41, 5.74) is 1.24. The van der Waals surface area contributed by atoms with E-state index in [0.29, 0.717) is 37.8 Å². The van der Waals surface area contributed by atoms with Gasteiger partial charge in [0.05, 0.1) is 0 Å². The maximum Gasteiger partial charge on any atom is 0.272 e. The Balaban J connectivity index is 1.73. The maximum atomic E-state index is 12.7. The summed E-state index contributed by atoms with van der Waals surface area (Å²) in [6.45, 7) is 7.80. The summed E-state index contributed by atoms with van der Waals surface area (Å²) in [4.78, 5) is 40.4. The number of carbonyl (C=O) groups is 2. The normalized spacial score (nSPS) is 19.5. The first-order valence-corrected chi connectivity index (χ1v) is 8.34.